The molecule has 2 aliphatic heterocycles. The van der Waals surface area contributed by atoms with Gasteiger partial charge in [0.1, 0.15) is 31.8 Å². The van der Waals surface area contributed by atoms with Gasteiger partial charge >= 0.3 is 128 Å². The number of phenolic OH excluding ortho intramolecular Hbond substituents is 1. The molecule has 0 saturated carbocycles. The van der Waals surface area contributed by atoms with Gasteiger partial charge in [-0.25, -0.2) is 29.1 Å². The van der Waals surface area contributed by atoms with E-state index < -0.39 is 88.8 Å². The standard InChI is InChI=1S/C30H30N4O7.C28H35N4O10P.C15H13NO5.C8H7NO5.C5H10F3O5PS.CH2O3.Cs/c1-37-27-24(26-16-31-19-40-26)10-11-25(28(27)39-17-20-6-3-2-4-7-20)34-29(35)33-22-9-5-8-21(14-22)15-32-30(36)41-23-12-13-38-18-23;1-4-40-43(35,41-5-2)18-39-26-23(10-9-22(25(26)36-3)24-15-29-17-38-24)32-27(33)31-20-8-6-7-19(13-20)14-30-28(34)42-21-11-12-37-16-21;1-20-14-12(9-17)7-8-13(16(18)19)15(14)21-10-11-5-3-2-4-6-11;1-14-8-5(4-10)2-3-6(7(8)11)9(12)13;1-3-12-14(2,9)4-13-15(10,11)5(6,7)8;2-1-4-3;/h2-11,14,16,19,23H,12-13,15,17-18H2,1H3,(H,32,36)(H2,33,34,35);6-10,13,15,17,21H,4-5,11-12,14,16,18H2,1-3H3,(H,30,34)(H2,31,32,33);2-9H,10H2,1H3;2-4,11H,1H3;3-4H2,1-2H3;1,3H;/q;;;;;;+1/p-1/t23-;21-;;;;;/m00...../s1. The van der Waals surface area contributed by atoms with Crippen LogP contribution in [0.1, 0.15) is 76.6 Å². The van der Waals surface area contributed by atoms with Crippen LogP contribution in [-0.2, 0) is 91.9 Å². The van der Waals surface area contributed by atoms with E-state index in [4.69, 9.17) is 75.3 Å². The van der Waals surface area contributed by atoms with E-state index in [0.29, 0.717) is 103 Å². The molecule has 3 atom stereocenters. The molecule has 139 heavy (non-hydrogen) atoms. The summed E-state index contributed by atoms with van der Waals surface area (Å²) in [6.07, 6.45) is 4.95. The number of carbonyl (C=O) groups excluding carboxylic acids is 7. The first kappa shape index (κ1) is 115. The molecule has 742 valence electrons. The van der Waals surface area contributed by atoms with Crippen LogP contribution < -0.4 is 139 Å². The fourth-order valence-corrected chi connectivity index (χ4v) is 15.3. The average molecular weight is 2130 g/mol. The summed E-state index contributed by atoms with van der Waals surface area (Å²) in [4.78, 5) is 111. The predicted molar refractivity (Wildman–Crippen MR) is 483 cm³/mol. The molecule has 6 amide bonds. The first-order valence-electron chi connectivity index (χ1n) is 40.8. The topological polar surface area (TPSA) is 589 Å². The second kappa shape index (κ2) is 58.9. The first-order chi connectivity index (χ1) is 66.1. The van der Waals surface area contributed by atoms with E-state index in [1.807, 2.05) is 66.7 Å². The van der Waals surface area contributed by atoms with E-state index in [-0.39, 0.29) is 185 Å². The Hall–Kier alpha value is -12.8. The number of nitrogens with one attached hydrogen (secondary N) is 6. The number of amides is 6. The zero-order valence-corrected chi connectivity index (χ0v) is 84.8. The van der Waals surface area contributed by atoms with Crippen molar-refractivity contribution >= 4 is 103 Å². The molecule has 45 nitrogen and oxygen atoms in total. The maximum Gasteiger partial charge on any atom is 1.00 e. The van der Waals surface area contributed by atoms with Gasteiger partial charge in [0.05, 0.1) is 131 Å². The monoisotopic (exact) mass is 2120 g/mol. The van der Waals surface area contributed by atoms with Gasteiger partial charge in [-0.2, -0.15) is 21.6 Å². The molecule has 1 unspecified atom stereocenters. The number of alkyl halides is 3. The maximum atomic E-state index is 13.1. The van der Waals surface area contributed by atoms with Crippen LogP contribution in [0.2, 0.25) is 0 Å². The number of aromatic nitrogens is 2. The molecule has 52 heteroatoms. The molecule has 2 saturated heterocycles. The third-order valence-electron chi connectivity index (χ3n) is 18.0. The molecule has 0 spiro atoms. The summed E-state index contributed by atoms with van der Waals surface area (Å²) in [5.74, 6) is 1.09. The molecule has 2 aliphatic rings. The Bertz CT molecular complexity index is 5870. The van der Waals surface area contributed by atoms with Gasteiger partial charge in [0, 0.05) is 56.1 Å². The van der Waals surface area contributed by atoms with Gasteiger partial charge in [-0.1, -0.05) is 84.9 Å². The van der Waals surface area contributed by atoms with E-state index in [2.05, 4.69) is 60.2 Å². The van der Waals surface area contributed by atoms with Crippen molar-refractivity contribution in [3.63, 3.8) is 0 Å². The van der Waals surface area contributed by atoms with Crippen LogP contribution in [0.5, 0.6) is 46.0 Å². The third-order valence-corrected chi connectivity index (χ3v) is 22.4. The van der Waals surface area contributed by atoms with Gasteiger partial charge < -0.3 is 122 Å². The third kappa shape index (κ3) is 37.2. The fourth-order valence-electron chi connectivity index (χ4n) is 12.0. The van der Waals surface area contributed by atoms with Crippen LogP contribution >= 0.6 is 15.0 Å². The first-order valence-corrected chi connectivity index (χ1v) is 46.2. The normalized spacial score (nSPS) is 13.2. The summed E-state index contributed by atoms with van der Waals surface area (Å²) in [6.45, 7) is 8.73. The van der Waals surface area contributed by atoms with Crippen LogP contribution in [0.25, 0.3) is 22.6 Å². The largest absolute Gasteiger partial charge is 1.00 e. The minimum Gasteiger partial charge on any atom is -0.662 e. The number of alkyl carbamates (subject to hydrolysis) is 2. The molecule has 2 aromatic heterocycles. The van der Waals surface area contributed by atoms with Crippen LogP contribution in [0.4, 0.5) is 66.5 Å². The number of phenols is 1. The van der Waals surface area contributed by atoms with E-state index in [0.717, 1.165) is 35.0 Å². The molecule has 0 aliphatic carbocycles. The smallest absolute Gasteiger partial charge is 0.662 e. The molecular weight excluding hydrogens is 2030 g/mol. The Morgan fingerprint density at radius 2 is 0.957 bits per heavy atom. The van der Waals surface area contributed by atoms with Crippen molar-refractivity contribution < 1.29 is 237 Å². The summed E-state index contributed by atoms with van der Waals surface area (Å²) in [7, 11) is -7.28. The van der Waals surface area contributed by atoms with Gasteiger partial charge in [-0.15, -0.1) is 0 Å². The molecular formula is C87H96CsF3N10O35P2S. The van der Waals surface area contributed by atoms with Crippen LogP contribution in [0, 0.1) is 20.2 Å². The van der Waals surface area contributed by atoms with Gasteiger partial charge in [-0.05, 0) is 104 Å². The molecule has 0 bridgehead atoms. The quantitative estimate of drug-likeness (QED) is 0.00358. The van der Waals surface area contributed by atoms with Crippen LogP contribution in [-0.4, -0.2) is 188 Å². The maximum absolute atomic E-state index is 13.1. The van der Waals surface area contributed by atoms with E-state index >= 15 is 0 Å². The van der Waals surface area contributed by atoms with Crippen molar-refractivity contribution in [3.05, 3.63) is 237 Å². The number of rotatable bonds is 39. The molecule has 12 rings (SSSR count). The molecule has 2 fully saturated rings. The number of aromatic hydroxyl groups is 1. The van der Waals surface area contributed by atoms with Crippen LogP contribution in [0.15, 0.2) is 192 Å². The number of methoxy groups -OCH3 is 4. The number of aldehydes is 2. The average Bonchev–Trinajstić information content (AvgIpc) is 1.79. The summed E-state index contributed by atoms with van der Waals surface area (Å²) < 4.78 is 170. The van der Waals surface area contributed by atoms with Crippen molar-refractivity contribution in [3.8, 4) is 68.6 Å². The number of benzene rings is 8. The van der Waals surface area contributed by atoms with E-state index in [1.54, 1.807) is 86.8 Å². The summed E-state index contributed by atoms with van der Waals surface area (Å²) in [5, 5.41) is 55.8. The van der Waals surface area contributed by atoms with Crippen molar-refractivity contribution in [1.29, 1.82) is 0 Å². The molecule has 8 aromatic carbocycles. The van der Waals surface area contributed by atoms with Gasteiger partial charge in [0.2, 0.25) is 18.9 Å². The Kier molecular flexibility index (Phi) is 48.7. The number of anilines is 4. The number of ether oxygens (including phenoxy) is 11. The summed E-state index contributed by atoms with van der Waals surface area (Å²) in [5.41, 5.74) is 0.0720. The fraction of sp³-hybridized carbons (Fsp3) is 0.299. The number of hydrogen-bond acceptors (Lipinski definition) is 37. The summed E-state index contributed by atoms with van der Waals surface area (Å²) >= 11 is 0. The van der Waals surface area contributed by atoms with Gasteiger partial charge in [-0.3, -0.25) is 47.9 Å². The predicted octanol–water partition coefficient (Wildman–Crippen LogP) is 12.5. The number of halogens is 3. The summed E-state index contributed by atoms with van der Waals surface area (Å²) in [6, 6.07) is 43.4. The Labute approximate surface area is 851 Å². The van der Waals surface area contributed by atoms with Crippen molar-refractivity contribution in [2.24, 2.45) is 0 Å². The Balaban J connectivity index is 0.000000282. The Morgan fingerprint density at radius 3 is 1.34 bits per heavy atom. The molecule has 10 aromatic rings. The van der Waals surface area contributed by atoms with Gasteiger partial charge in [0.25, 0.3) is 6.47 Å². The molecule has 0 radical (unpaired) electrons. The molecule has 4 heterocycles. The zero-order chi connectivity index (χ0) is 101. The minimum absolute atomic E-state index is 0. The van der Waals surface area contributed by atoms with Crippen LogP contribution in [0.3, 0.4) is 0 Å². The number of oxazole rings is 2. The number of carbonyl (C=O) groups is 7. The number of nitro benzene ring substituents is 2. The number of urea groups is 2. The zero-order valence-electron chi connectivity index (χ0n) is 75.9. The SMILES string of the molecule is CCOP(=O)(COc1c(NC(=O)Nc2cccc(CNC(=O)O[C@H]3CCOC3)c2)ccc(-c2cnco2)c1OC)OCC.CCOP(C)(=O)COS(=O)(=O)C(F)(F)F.COc1c(-c2cnco2)ccc(NC(=O)Nc2cccc(CNC(=O)O[C@H]3CCOC3)c2)c1OCc1ccccc1.COc1c(C=O)ccc([N+](=O)[O-])c1O.COc1c(C=O)ccc([N+](=O)[O-])c1OCc1ccccc1.O=CO[O-].[Cs+]. The second-order valence-corrected chi connectivity index (χ2v) is 33.9. The molecule has 7 N–H and O–H groups in total. The second-order valence-electron chi connectivity index (χ2n) is 27.7. The van der Waals surface area contributed by atoms with E-state index in [9.17, 15) is 84.8 Å². The van der Waals surface area contributed by atoms with Crippen molar-refractivity contribution in [2.75, 3.05) is 115 Å². The van der Waals surface area contributed by atoms with E-state index in [1.165, 1.54) is 72.5 Å². The minimum atomic E-state index is -5.70. The van der Waals surface area contributed by atoms with Crippen molar-refractivity contribution in [1.82, 2.24) is 20.6 Å². The van der Waals surface area contributed by atoms with Gasteiger partial charge in [0.15, 0.2) is 77.7 Å². The Morgan fingerprint density at radius 1 is 0.540 bits per heavy atom. The number of nitrogens with zero attached hydrogens (tertiary/aromatic N) is 4. The number of nitro groups is 2. The number of hydrogen-bond donors (Lipinski definition) is 7. The van der Waals surface area contributed by atoms with Crippen molar-refractivity contribution in [2.45, 2.75) is 77.6 Å².